The number of hydrogen-bond acceptors (Lipinski definition) is 4. The van der Waals surface area contributed by atoms with Crippen molar-refractivity contribution >= 4 is 0 Å². The summed E-state index contributed by atoms with van der Waals surface area (Å²) in [6, 6.07) is 0. The van der Waals surface area contributed by atoms with Crippen LogP contribution in [-0.2, 0) is 0 Å². The van der Waals surface area contributed by atoms with Gasteiger partial charge in [0.2, 0.25) is 0 Å². The largest absolute Gasteiger partial charge is 0.393 e. The van der Waals surface area contributed by atoms with Crippen LogP contribution in [0.1, 0.15) is 71.6 Å². The van der Waals surface area contributed by atoms with Crippen molar-refractivity contribution in [2.45, 2.75) is 95.9 Å². The number of likely N-dealkylation sites (tertiary alicyclic amines) is 1. The Hall–Kier alpha value is -1.08. The molecule has 0 spiro atoms. The molecule has 4 fully saturated rings. The van der Waals surface area contributed by atoms with E-state index in [1.807, 2.05) is 0 Å². The highest BCUT2D eigenvalue weighted by Crippen LogP contribution is 2.59. The second kappa shape index (κ2) is 10.1. The minimum absolute atomic E-state index is 0.151. The predicted molar refractivity (Wildman–Crippen MR) is 131 cm³/mol. The third-order valence-corrected chi connectivity index (χ3v) is 9.66. The van der Waals surface area contributed by atoms with Crippen LogP contribution in [0.4, 0.5) is 8.78 Å². The predicted octanol–water partition coefficient (Wildman–Crippen LogP) is 4.86. The van der Waals surface area contributed by atoms with Crippen molar-refractivity contribution in [1.82, 2.24) is 4.90 Å². The van der Waals surface area contributed by atoms with Crippen LogP contribution in [0, 0.1) is 23.2 Å². The summed E-state index contributed by atoms with van der Waals surface area (Å²) in [4.78, 5) is 2.27. The van der Waals surface area contributed by atoms with Crippen LogP contribution in [-0.4, -0.2) is 64.1 Å². The zero-order chi connectivity index (χ0) is 24.7. The van der Waals surface area contributed by atoms with E-state index < -0.39 is 24.2 Å². The van der Waals surface area contributed by atoms with Crippen molar-refractivity contribution in [2.75, 3.05) is 19.6 Å². The number of aliphatic hydroxyl groups excluding tert-OH is 2. The number of nitrogens with zero attached hydrogens (tertiary/aromatic N) is 1. The molecule has 1 aliphatic heterocycles. The number of alkyl halides is 2. The van der Waals surface area contributed by atoms with Gasteiger partial charge >= 0.3 is 0 Å². The molecule has 0 bridgehead atoms. The maximum atomic E-state index is 13.1. The summed E-state index contributed by atoms with van der Waals surface area (Å²) in [5, 5.41) is 30.3. The molecule has 1 unspecified atom stereocenters. The summed E-state index contributed by atoms with van der Waals surface area (Å²) in [6.45, 7) is 10.8. The van der Waals surface area contributed by atoms with Gasteiger partial charge in [-0.25, -0.2) is 8.78 Å². The SMILES string of the molecule is C=C1C(=CC=C2CCC[C@]3(C)[C@@H](C(C)CN4CCC(O)(C(F)F)CC4)CC[C@@H]23)C[C@@H](O)C[C@@H]1O. The van der Waals surface area contributed by atoms with Crippen LogP contribution in [0.2, 0.25) is 0 Å². The van der Waals surface area contributed by atoms with Gasteiger partial charge in [-0.1, -0.05) is 38.2 Å². The van der Waals surface area contributed by atoms with Crippen LogP contribution in [0.3, 0.4) is 0 Å². The van der Waals surface area contributed by atoms with Gasteiger partial charge in [0.25, 0.3) is 6.43 Å². The standard InChI is InChI=1S/C28H43F2NO3/c1-18(17-31-13-11-28(34,12-14-31)26(29)30)23-8-9-24-20(5-4-10-27(23,24)3)6-7-21-15-22(32)16-25(33)19(21)2/h6-7,18,22-26,32-34H,2,4-5,8-17H2,1,3H3/t18?,22-,23-,24+,25+,27-/m1/s1. The zero-order valence-electron chi connectivity index (χ0n) is 20.9. The summed E-state index contributed by atoms with van der Waals surface area (Å²) in [7, 11) is 0. The van der Waals surface area contributed by atoms with Crippen molar-refractivity contribution < 1.29 is 24.1 Å². The van der Waals surface area contributed by atoms with Gasteiger partial charge in [-0.05, 0) is 85.7 Å². The molecule has 0 aromatic heterocycles. The van der Waals surface area contributed by atoms with E-state index in [4.69, 9.17) is 0 Å². The first-order chi connectivity index (χ1) is 16.0. The van der Waals surface area contributed by atoms with Crippen molar-refractivity contribution in [1.29, 1.82) is 0 Å². The molecule has 34 heavy (non-hydrogen) atoms. The topological polar surface area (TPSA) is 63.9 Å². The Morgan fingerprint density at radius 1 is 1.15 bits per heavy atom. The number of hydrogen-bond donors (Lipinski definition) is 3. The van der Waals surface area contributed by atoms with Crippen LogP contribution in [0.5, 0.6) is 0 Å². The molecule has 4 nitrogen and oxygen atoms in total. The highest BCUT2D eigenvalue weighted by molar-refractivity contribution is 5.38. The van der Waals surface area contributed by atoms with E-state index in [1.165, 1.54) is 31.3 Å². The molecule has 0 amide bonds. The Kier molecular flexibility index (Phi) is 7.74. The van der Waals surface area contributed by atoms with Gasteiger partial charge in [-0.2, -0.15) is 0 Å². The molecule has 4 rings (SSSR count). The van der Waals surface area contributed by atoms with E-state index in [0.29, 0.717) is 43.7 Å². The Balaban J connectivity index is 1.42. The van der Waals surface area contributed by atoms with E-state index in [-0.39, 0.29) is 18.3 Å². The van der Waals surface area contributed by atoms with Gasteiger partial charge in [-0.3, -0.25) is 0 Å². The van der Waals surface area contributed by atoms with Gasteiger partial charge in [0.05, 0.1) is 12.2 Å². The molecule has 4 aliphatic rings. The van der Waals surface area contributed by atoms with E-state index in [2.05, 4.69) is 37.5 Å². The summed E-state index contributed by atoms with van der Waals surface area (Å²) >= 11 is 0. The first-order valence-electron chi connectivity index (χ1n) is 13.2. The second-order valence-corrected chi connectivity index (χ2v) is 11.8. The van der Waals surface area contributed by atoms with E-state index in [9.17, 15) is 24.1 Å². The van der Waals surface area contributed by atoms with Crippen LogP contribution < -0.4 is 0 Å². The molecule has 1 heterocycles. The van der Waals surface area contributed by atoms with Gasteiger partial charge in [-0.15, -0.1) is 0 Å². The monoisotopic (exact) mass is 479 g/mol. The maximum absolute atomic E-state index is 13.1. The van der Waals surface area contributed by atoms with Crippen molar-refractivity contribution in [3.8, 4) is 0 Å². The number of rotatable bonds is 5. The van der Waals surface area contributed by atoms with Crippen molar-refractivity contribution in [3.05, 3.63) is 35.5 Å². The highest BCUT2D eigenvalue weighted by Gasteiger charge is 2.51. The lowest BCUT2D eigenvalue weighted by Crippen LogP contribution is -2.50. The zero-order valence-corrected chi connectivity index (χ0v) is 20.9. The molecule has 3 aliphatic carbocycles. The quantitative estimate of drug-likeness (QED) is 0.527. The summed E-state index contributed by atoms with van der Waals surface area (Å²) in [5.74, 6) is 1.62. The Labute approximate surface area is 203 Å². The third-order valence-electron chi connectivity index (χ3n) is 9.66. The normalized spacial score (nSPS) is 40.2. The maximum Gasteiger partial charge on any atom is 0.266 e. The fourth-order valence-corrected chi connectivity index (χ4v) is 7.55. The molecule has 0 aromatic carbocycles. The average Bonchev–Trinajstić information content (AvgIpc) is 3.14. The molecule has 0 aromatic rings. The van der Waals surface area contributed by atoms with Gasteiger partial charge in [0.15, 0.2) is 0 Å². The lowest BCUT2D eigenvalue weighted by molar-refractivity contribution is -0.128. The number of piperidine rings is 1. The third kappa shape index (κ3) is 5.07. The van der Waals surface area contributed by atoms with Gasteiger partial charge in [0.1, 0.15) is 5.60 Å². The van der Waals surface area contributed by atoms with E-state index >= 15 is 0 Å². The van der Waals surface area contributed by atoms with Crippen LogP contribution in [0.25, 0.3) is 0 Å². The molecule has 3 saturated carbocycles. The fourth-order valence-electron chi connectivity index (χ4n) is 7.55. The van der Waals surface area contributed by atoms with Gasteiger partial charge in [0, 0.05) is 26.1 Å². The fraction of sp³-hybridized carbons (Fsp3) is 0.786. The second-order valence-electron chi connectivity index (χ2n) is 11.8. The minimum atomic E-state index is -2.67. The first-order valence-corrected chi connectivity index (χ1v) is 13.2. The summed E-state index contributed by atoms with van der Waals surface area (Å²) in [6.07, 6.45) is 7.57. The molecular weight excluding hydrogens is 436 g/mol. The molecule has 6 atom stereocenters. The number of allylic oxidation sites excluding steroid dienone is 3. The number of fused-ring (bicyclic) bond motifs is 1. The number of aliphatic hydroxyl groups is 3. The molecular formula is C28H43F2NO3. The van der Waals surface area contributed by atoms with Crippen LogP contribution >= 0.6 is 0 Å². The van der Waals surface area contributed by atoms with E-state index in [1.54, 1.807) is 0 Å². The Morgan fingerprint density at radius 3 is 2.53 bits per heavy atom. The molecule has 6 heteroatoms. The molecule has 3 N–H and O–H groups in total. The highest BCUT2D eigenvalue weighted by atomic mass is 19.3. The number of halogens is 2. The average molecular weight is 480 g/mol. The van der Waals surface area contributed by atoms with Crippen molar-refractivity contribution in [3.63, 3.8) is 0 Å². The summed E-state index contributed by atoms with van der Waals surface area (Å²) < 4.78 is 26.3. The minimum Gasteiger partial charge on any atom is -0.393 e. The lowest BCUT2D eigenvalue weighted by Gasteiger charge is -2.46. The Morgan fingerprint density at radius 2 is 1.85 bits per heavy atom. The smallest absolute Gasteiger partial charge is 0.266 e. The molecule has 0 radical (unpaired) electrons. The molecule has 1 saturated heterocycles. The lowest BCUT2D eigenvalue weighted by atomic mass is 9.61. The first kappa shape index (κ1) is 26.0. The van der Waals surface area contributed by atoms with Crippen LogP contribution in [0.15, 0.2) is 35.5 Å². The molecule has 192 valence electrons. The Bertz CT molecular complexity index is 816. The van der Waals surface area contributed by atoms with Gasteiger partial charge < -0.3 is 20.2 Å². The summed E-state index contributed by atoms with van der Waals surface area (Å²) in [5.41, 5.74) is 1.61. The van der Waals surface area contributed by atoms with Crippen molar-refractivity contribution in [2.24, 2.45) is 23.2 Å². The van der Waals surface area contributed by atoms with E-state index in [0.717, 1.165) is 24.1 Å².